The molecule has 28 heavy (non-hydrogen) atoms. The minimum atomic E-state index is -0.647. The predicted molar refractivity (Wildman–Crippen MR) is 110 cm³/mol. The van der Waals surface area contributed by atoms with Crippen LogP contribution in [0.5, 0.6) is 0 Å². The maximum Gasteiger partial charge on any atom is 0.320 e. The van der Waals surface area contributed by atoms with Crippen molar-refractivity contribution >= 4 is 22.6 Å². The molecule has 2 saturated heterocycles. The lowest BCUT2D eigenvalue weighted by atomic mass is 9.95. The highest BCUT2D eigenvalue weighted by atomic mass is 32.1. The summed E-state index contributed by atoms with van der Waals surface area (Å²) in [5.41, 5.74) is 6.47. The maximum atomic E-state index is 11.1. The lowest BCUT2D eigenvalue weighted by Gasteiger charge is -2.36. The Balaban J connectivity index is 0.000000167. The van der Waals surface area contributed by atoms with E-state index in [2.05, 4.69) is 14.3 Å². The van der Waals surface area contributed by atoms with E-state index in [4.69, 9.17) is 10.5 Å². The zero-order chi connectivity index (χ0) is 19.8. The molecular formula is C20H28N4O3S. The Morgan fingerprint density at radius 2 is 1.96 bits per heavy atom. The van der Waals surface area contributed by atoms with E-state index in [0.717, 1.165) is 64.0 Å². The molecule has 0 radical (unpaired) electrons. The van der Waals surface area contributed by atoms with Gasteiger partial charge in [0.15, 0.2) is 11.0 Å². The first-order valence-electron chi connectivity index (χ1n) is 9.82. The zero-order valence-corrected chi connectivity index (χ0v) is 16.8. The van der Waals surface area contributed by atoms with Crippen molar-refractivity contribution in [3.8, 4) is 11.4 Å². The number of piperidine rings is 1. The van der Waals surface area contributed by atoms with Crippen molar-refractivity contribution in [3.63, 3.8) is 0 Å². The molecule has 152 valence electrons. The van der Waals surface area contributed by atoms with Gasteiger partial charge in [0.25, 0.3) is 0 Å². The zero-order valence-electron chi connectivity index (χ0n) is 16.0. The number of hydrogen-bond acceptors (Lipinski definition) is 7. The minimum absolute atomic E-state index is 0.239. The smallest absolute Gasteiger partial charge is 0.320 e. The highest BCUT2D eigenvalue weighted by molar-refractivity contribution is 7.09. The summed E-state index contributed by atoms with van der Waals surface area (Å²) < 4.78 is 9.42. The molecule has 2 aliphatic rings. The van der Waals surface area contributed by atoms with E-state index in [0.29, 0.717) is 16.9 Å². The fraction of sp³-hybridized carbons (Fsp3) is 0.550. The molecule has 0 saturated carbocycles. The number of carboxylic acid groups (broad SMARTS) is 1. The molecule has 0 amide bonds. The molecular weight excluding hydrogens is 376 g/mol. The number of hydrogen-bond donors (Lipinski definition) is 2. The molecule has 3 heterocycles. The van der Waals surface area contributed by atoms with E-state index in [1.165, 1.54) is 11.5 Å². The van der Waals surface area contributed by atoms with Crippen LogP contribution in [0.4, 0.5) is 5.13 Å². The molecule has 1 aromatic carbocycles. The topological polar surface area (TPSA) is 102 Å². The molecule has 1 atom stereocenters. The number of nitrogens with two attached hydrogens (primary N) is 1. The van der Waals surface area contributed by atoms with Crippen molar-refractivity contribution in [1.82, 2.24) is 14.3 Å². The molecule has 8 heteroatoms. The van der Waals surface area contributed by atoms with Crippen LogP contribution in [-0.2, 0) is 9.53 Å². The third-order valence-electron chi connectivity index (χ3n) is 5.21. The van der Waals surface area contributed by atoms with E-state index in [1.807, 2.05) is 30.3 Å². The summed E-state index contributed by atoms with van der Waals surface area (Å²) in [6, 6.07) is 9.54. The Morgan fingerprint density at radius 3 is 2.61 bits per heavy atom. The number of likely N-dealkylation sites (tertiary alicyclic amines) is 1. The van der Waals surface area contributed by atoms with Gasteiger partial charge in [0.05, 0.1) is 0 Å². The van der Waals surface area contributed by atoms with E-state index < -0.39 is 5.97 Å². The molecule has 3 N–H and O–H groups in total. The summed E-state index contributed by atoms with van der Waals surface area (Å²) >= 11 is 1.22. The summed E-state index contributed by atoms with van der Waals surface area (Å²) in [4.78, 5) is 17.4. The number of carboxylic acids is 1. The van der Waals surface area contributed by atoms with Crippen LogP contribution in [0.1, 0.15) is 32.1 Å². The number of carbonyl (C=O) groups is 1. The van der Waals surface area contributed by atoms with Gasteiger partial charge >= 0.3 is 5.97 Å². The Kier molecular flexibility index (Phi) is 7.76. The number of aromatic nitrogens is 2. The molecule has 0 aliphatic carbocycles. The average Bonchev–Trinajstić information content (AvgIpc) is 3.17. The normalized spacial score (nSPS) is 20.9. The molecule has 2 aromatic rings. The second-order valence-corrected chi connectivity index (χ2v) is 8.01. The van der Waals surface area contributed by atoms with Crippen molar-refractivity contribution in [2.75, 3.05) is 32.0 Å². The largest absolute Gasteiger partial charge is 0.480 e. The van der Waals surface area contributed by atoms with Crippen LogP contribution in [0.25, 0.3) is 11.4 Å². The number of benzene rings is 1. The number of rotatable bonds is 4. The van der Waals surface area contributed by atoms with Crippen LogP contribution in [0.15, 0.2) is 30.3 Å². The van der Waals surface area contributed by atoms with E-state index in [1.54, 1.807) is 0 Å². The summed E-state index contributed by atoms with van der Waals surface area (Å²) in [7, 11) is 0. The molecule has 0 spiro atoms. The maximum absolute atomic E-state index is 11.1. The quantitative estimate of drug-likeness (QED) is 0.807. The second kappa shape index (κ2) is 10.5. The molecule has 0 unspecified atom stereocenters. The van der Waals surface area contributed by atoms with Gasteiger partial charge in [0.1, 0.15) is 6.04 Å². The standard InChI is InChI=1S/C12H21NO3.C8H7N3S/c14-12(15)11-3-1-2-6-13(11)9-10-4-7-16-8-5-10;9-8-10-7(11-12-8)6-4-2-1-3-5-6/h10-11H,1-9H2,(H,14,15);1-5H,(H2,9,10,11)/t11-;/m0./s1. The Morgan fingerprint density at radius 1 is 1.21 bits per heavy atom. The van der Waals surface area contributed by atoms with Crippen LogP contribution in [0.3, 0.4) is 0 Å². The third-order valence-corrected chi connectivity index (χ3v) is 5.75. The van der Waals surface area contributed by atoms with Crippen molar-refractivity contribution < 1.29 is 14.6 Å². The number of anilines is 1. The summed E-state index contributed by atoms with van der Waals surface area (Å²) in [5.74, 6) is 0.693. The molecule has 7 nitrogen and oxygen atoms in total. The molecule has 1 aromatic heterocycles. The molecule has 2 aliphatic heterocycles. The first-order valence-corrected chi connectivity index (χ1v) is 10.6. The Labute approximate surface area is 169 Å². The van der Waals surface area contributed by atoms with Gasteiger partial charge < -0.3 is 15.6 Å². The highest BCUT2D eigenvalue weighted by Gasteiger charge is 2.30. The van der Waals surface area contributed by atoms with Gasteiger partial charge in [-0.3, -0.25) is 9.69 Å². The van der Waals surface area contributed by atoms with E-state index in [9.17, 15) is 9.90 Å². The molecule has 0 bridgehead atoms. The summed E-state index contributed by atoms with van der Waals surface area (Å²) in [6.07, 6.45) is 5.19. The van der Waals surface area contributed by atoms with Crippen molar-refractivity contribution in [1.29, 1.82) is 0 Å². The van der Waals surface area contributed by atoms with Gasteiger partial charge in [-0.05, 0) is 38.1 Å². The second-order valence-electron chi connectivity index (χ2n) is 7.22. The van der Waals surface area contributed by atoms with Gasteiger partial charge in [-0.15, -0.1) is 0 Å². The average molecular weight is 405 g/mol. The lowest BCUT2D eigenvalue weighted by molar-refractivity contribution is -0.145. The van der Waals surface area contributed by atoms with Gasteiger partial charge in [-0.2, -0.15) is 9.36 Å². The minimum Gasteiger partial charge on any atom is -0.480 e. The number of nitrogens with zero attached hydrogens (tertiary/aromatic N) is 3. The van der Waals surface area contributed by atoms with Crippen LogP contribution in [0, 0.1) is 5.92 Å². The van der Waals surface area contributed by atoms with E-state index in [-0.39, 0.29) is 6.04 Å². The van der Waals surface area contributed by atoms with Crippen LogP contribution >= 0.6 is 11.5 Å². The monoisotopic (exact) mass is 404 g/mol. The Bertz CT molecular complexity index is 734. The van der Waals surface area contributed by atoms with Crippen molar-refractivity contribution in [2.24, 2.45) is 5.92 Å². The Hall–Kier alpha value is -2.03. The third kappa shape index (κ3) is 5.98. The molecule has 4 rings (SSSR count). The van der Waals surface area contributed by atoms with E-state index >= 15 is 0 Å². The number of nitrogen functional groups attached to an aromatic ring is 1. The van der Waals surface area contributed by atoms with Gasteiger partial charge in [-0.25, -0.2) is 0 Å². The fourth-order valence-electron chi connectivity index (χ4n) is 3.69. The SMILES string of the molecule is Nc1nc(-c2ccccc2)ns1.O=C(O)[C@@H]1CCCCN1CC1CCOCC1. The van der Waals surface area contributed by atoms with Crippen LogP contribution in [0.2, 0.25) is 0 Å². The number of aliphatic carboxylic acids is 1. The van der Waals surface area contributed by atoms with Crippen LogP contribution < -0.4 is 5.73 Å². The van der Waals surface area contributed by atoms with Gasteiger partial charge in [0.2, 0.25) is 0 Å². The van der Waals surface area contributed by atoms with Gasteiger partial charge in [-0.1, -0.05) is 36.8 Å². The number of ether oxygens (including phenoxy) is 1. The molecule has 2 fully saturated rings. The lowest BCUT2D eigenvalue weighted by Crippen LogP contribution is -2.47. The highest BCUT2D eigenvalue weighted by Crippen LogP contribution is 2.22. The summed E-state index contributed by atoms with van der Waals surface area (Å²) in [5, 5.41) is 9.68. The predicted octanol–water partition coefficient (Wildman–Crippen LogP) is 3.14. The first-order chi connectivity index (χ1) is 13.6. The van der Waals surface area contributed by atoms with Crippen LogP contribution in [-0.4, -0.2) is 57.7 Å². The summed E-state index contributed by atoms with van der Waals surface area (Å²) in [6.45, 7) is 3.58. The fourth-order valence-corrected chi connectivity index (χ4v) is 4.14. The van der Waals surface area contributed by atoms with Crippen molar-refractivity contribution in [2.45, 2.75) is 38.1 Å². The van der Waals surface area contributed by atoms with Gasteiger partial charge in [0, 0.05) is 36.9 Å². The van der Waals surface area contributed by atoms with Crippen molar-refractivity contribution in [3.05, 3.63) is 30.3 Å². The first kappa shape index (κ1) is 20.7.